The first-order chi connectivity index (χ1) is 9.86. The fourth-order valence-corrected chi connectivity index (χ4v) is 4.17. The van der Waals surface area contributed by atoms with Crippen LogP contribution in [0, 0.1) is 0 Å². The van der Waals surface area contributed by atoms with Gasteiger partial charge in [-0.1, -0.05) is 44.9 Å². The van der Waals surface area contributed by atoms with Gasteiger partial charge in [0.1, 0.15) is 12.2 Å². The Bertz CT molecular complexity index is 412. The van der Waals surface area contributed by atoms with Crippen LogP contribution >= 0.6 is 0 Å². The van der Waals surface area contributed by atoms with E-state index >= 15 is 0 Å². The summed E-state index contributed by atoms with van der Waals surface area (Å²) in [6.45, 7) is 0.721. The zero-order valence-electron chi connectivity index (χ0n) is 12.6. The molecule has 4 heteroatoms. The van der Waals surface area contributed by atoms with Crippen molar-refractivity contribution in [3.05, 3.63) is 12.2 Å². The van der Waals surface area contributed by atoms with E-state index < -0.39 is 0 Å². The Hall–Kier alpha value is -0.900. The van der Waals surface area contributed by atoms with Crippen molar-refractivity contribution in [2.24, 2.45) is 5.73 Å². The summed E-state index contributed by atoms with van der Waals surface area (Å²) in [7, 11) is 0. The van der Waals surface area contributed by atoms with E-state index in [9.17, 15) is 0 Å². The molecule has 1 aromatic rings. The lowest BCUT2D eigenvalue weighted by molar-refractivity contribution is 0.295. The molecule has 0 aromatic carbocycles. The van der Waals surface area contributed by atoms with E-state index in [2.05, 4.69) is 14.8 Å². The van der Waals surface area contributed by atoms with Gasteiger partial charge in [-0.2, -0.15) is 0 Å². The van der Waals surface area contributed by atoms with Crippen LogP contribution in [0.5, 0.6) is 0 Å². The zero-order chi connectivity index (χ0) is 13.8. The van der Waals surface area contributed by atoms with E-state index in [4.69, 9.17) is 5.73 Å². The molecule has 2 N–H and O–H groups in total. The second-order valence-electron chi connectivity index (χ2n) is 6.75. The summed E-state index contributed by atoms with van der Waals surface area (Å²) >= 11 is 0. The normalized spacial score (nSPS) is 24.4. The molecule has 2 aliphatic rings. The molecule has 4 nitrogen and oxygen atoms in total. The average molecular weight is 276 g/mol. The highest BCUT2D eigenvalue weighted by Gasteiger charge is 2.37. The van der Waals surface area contributed by atoms with Crippen molar-refractivity contribution < 1.29 is 0 Å². The summed E-state index contributed by atoms with van der Waals surface area (Å²) in [5.41, 5.74) is 6.30. The van der Waals surface area contributed by atoms with E-state index in [1.54, 1.807) is 0 Å². The van der Waals surface area contributed by atoms with Gasteiger partial charge in [0, 0.05) is 18.0 Å². The van der Waals surface area contributed by atoms with Crippen molar-refractivity contribution in [2.75, 3.05) is 6.54 Å². The number of nitrogens with two attached hydrogens (primary N) is 1. The first-order valence-corrected chi connectivity index (χ1v) is 8.46. The molecular weight excluding hydrogens is 248 g/mol. The molecule has 1 heterocycles. The van der Waals surface area contributed by atoms with Gasteiger partial charge in [0.05, 0.1) is 0 Å². The highest BCUT2D eigenvalue weighted by Crippen LogP contribution is 2.39. The van der Waals surface area contributed by atoms with Crippen LogP contribution in [0.25, 0.3) is 0 Å². The summed E-state index contributed by atoms with van der Waals surface area (Å²) in [4.78, 5) is 0. The van der Waals surface area contributed by atoms with Gasteiger partial charge in [-0.15, -0.1) is 10.2 Å². The highest BCUT2D eigenvalue weighted by molar-refractivity contribution is 5.11. The van der Waals surface area contributed by atoms with Crippen molar-refractivity contribution in [3.63, 3.8) is 0 Å². The molecular formula is C16H28N4. The first-order valence-electron chi connectivity index (χ1n) is 8.46. The Morgan fingerprint density at radius 3 is 2.35 bits per heavy atom. The average Bonchev–Trinajstić information content (AvgIpc) is 2.88. The second kappa shape index (κ2) is 6.25. The summed E-state index contributed by atoms with van der Waals surface area (Å²) < 4.78 is 2.39. The Morgan fingerprint density at radius 2 is 1.70 bits per heavy atom. The van der Waals surface area contributed by atoms with Crippen LogP contribution in [0.1, 0.15) is 82.5 Å². The molecule has 112 valence electrons. The lowest BCUT2D eigenvalue weighted by Gasteiger charge is -2.33. The van der Waals surface area contributed by atoms with Gasteiger partial charge < -0.3 is 10.3 Å². The molecule has 0 bridgehead atoms. The van der Waals surface area contributed by atoms with Crippen molar-refractivity contribution in [1.29, 1.82) is 0 Å². The van der Waals surface area contributed by atoms with Gasteiger partial charge in [0.15, 0.2) is 0 Å². The minimum atomic E-state index is 0.0877. The van der Waals surface area contributed by atoms with Gasteiger partial charge in [0.2, 0.25) is 0 Å². The Balaban J connectivity index is 1.89. The standard InChI is InChI=1S/C16H28N4/c17-12-16(10-6-1-2-7-11-16)15-19-18-13-20(15)14-8-4-3-5-9-14/h13-14H,1-12,17H2. The fraction of sp³-hybridized carbons (Fsp3) is 0.875. The predicted octanol–water partition coefficient (Wildman–Crippen LogP) is 3.33. The number of aromatic nitrogens is 3. The largest absolute Gasteiger partial charge is 0.329 e. The Labute approximate surface area is 122 Å². The maximum absolute atomic E-state index is 6.22. The summed E-state index contributed by atoms with van der Waals surface area (Å²) in [6.07, 6.45) is 16.3. The van der Waals surface area contributed by atoms with Crippen LogP contribution in [0.2, 0.25) is 0 Å². The van der Waals surface area contributed by atoms with Gasteiger partial charge in [-0.25, -0.2) is 0 Å². The minimum Gasteiger partial charge on any atom is -0.329 e. The fourth-order valence-electron chi connectivity index (χ4n) is 4.17. The summed E-state index contributed by atoms with van der Waals surface area (Å²) in [5.74, 6) is 1.19. The molecule has 0 radical (unpaired) electrons. The lowest BCUT2D eigenvalue weighted by atomic mass is 9.79. The molecule has 0 spiro atoms. The SMILES string of the molecule is NCC1(c2nncn2C2CCCCC2)CCCCCC1. The second-order valence-corrected chi connectivity index (χ2v) is 6.75. The number of rotatable bonds is 3. The van der Waals surface area contributed by atoms with E-state index in [0.717, 1.165) is 6.54 Å². The van der Waals surface area contributed by atoms with Crippen LogP contribution < -0.4 is 5.73 Å². The smallest absolute Gasteiger partial charge is 0.140 e. The Kier molecular flexibility index (Phi) is 4.39. The topological polar surface area (TPSA) is 56.7 Å². The van der Waals surface area contributed by atoms with Crippen molar-refractivity contribution in [3.8, 4) is 0 Å². The molecule has 2 fully saturated rings. The monoisotopic (exact) mass is 276 g/mol. The van der Waals surface area contributed by atoms with Gasteiger partial charge >= 0.3 is 0 Å². The minimum absolute atomic E-state index is 0.0877. The summed E-state index contributed by atoms with van der Waals surface area (Å²) in [5, 5.41) is 8.79. The van der Waals surface area contributed by atoms with Crippen molar-refractivity contribution in [2.45, 2.75) is 82.1 Å². The van der Waals surface area contributed by atoms with Gasteiger partial charge in [0.25, 0.3) is 0 Å². The zero-order valence-corrected chi connectivity index (χ0v) is 12.6. The highest BCUT2D eigenvalue weighted by atomic mass is 15.3. The summed E-state index contributed by atoms with van der Waals surface area (Å²) in [6, 6.07) is 0.612. The first kappa shape index (κ1) is 14.1. The molecule has 3 rings (SSSR count). The number of nitrogens with zero attached hydrogens (tertiary/aromatic N) is 3. The molecule has 0 unspecified atom stereocenters. The van der Waals surface area contributed by atoms with Crippen LogP contribution in [0.15, 0.2) is 6.33 Å². The molecule has 2 saturated carbocycles. The molecule has 0 aliphatic heterocycles. The van der Waals surface area contributed by atoms with E-state index in [-0.39, 0.29) is 5.41 Å². The van der Waals surface area contributed by atoms with Crippen molar-refractivity contribution in [1.82, 2.24) is 14.8 Å². The molecule has 0 amide bonds. The van der Waals surface area contributed by atoms with Crippen LogP contribution in [-0.4, -0.2) is 21.3 Å². The predicted molar refractivity (Wildman–Crippen MR) is 80.6 cm³/mol. The quantitative estimate of drug-likeness (QED) is 0.861. The van der Waals surface area contributed by atoms with Crippen LogP contribution in [0.3, 0.4) is 0 Å². The maximum Gasteiger partial charge on any atom is 0.140 e. The molecule has 20 heavy (non-hydrogen) atoms. The molecule has 0 atom stereocenters. The molecule has 0 saturated heterocycles. The van der Waals surface area contributed by atoms with Crippen LogP contribution in [-0.2, 0) is 5.41 Å². The Morgan fingerprint density at radius 1 is 1.05 bits per heavy atom. The number of hydrogen-bond donors (Lipinski definition) is 1. The van der Waals surface area contributed by atoms with E-state index in [1.165, 1.54) is 76.5 Å². The van der Waals surface area contributed by atoms with Gasteiger partial charge in [-0.3, -0.25) is 0 Å². The van der Waals surface area contributed by atoms with Gasteiger partial charge in [-0.05, 0) is 25.7 Å². The lowest BCUT2D eigenvalue weighted by Crippen LogP contribution is -2.38. The maximum atomic E-state index is 6.22. The van der Waals surface area contributed by atoms with E-state index in [1.807, 2.05) is 6.33 Å². The third kappa shape index (κ3) is 2.62. The molecule has 1 aromatic heterocycles. The third-order valence-corrected chi connectivity index (χ3v) is 5.47. The van der Waals surface area contributed by atoms with Crippen molar-refractivity contribution >= 4 is 0 Å². The van der Waals surface area contributed by atoms with Crippen LogP contribution in [0.4, 0.5) is 0 Å². The molecule has 2 aliphatic carbocycles. The third-order valence-electron chi connectivity index (χ3n) is 5.47. The number of hydrogen-bond acceptors (Lipinski definition) is 3. The van der Waals surface area contributed by atoms with E-state index in [0.29, 0.717) is 6.04 Å².